The molecule has 32 aromatic rings. The van der Waals surface area contributed by atoms with Gasteiger partial charge in [-0.2, -0.15) is 0 Å². The number of nitrogens with zero attached hydrogens (tertiary/aromatic N) is 6. The minimum Gasteiger partial charge on any atom is -0.454 e. The lowest BCUT2D eigenvalue weighted by molar-refractivity contribution is 0.666. The quantitative estimate of drug-likeness (QED) is 0.130. The standard InChI is InChI=1S/2C48H30N2O.C42H26N2O/c1-2-12-31(13-3-1)32-14-10-15-35(28-32)49-42-20-7-4-16-36(42)40-29-33(24-26-44(40)49)34-25-27-45-41(30-34)37-17-5-8-21-43(37)50(45)46-22-11-19-39-38-18-6-9-23-47(38)51-48(39)46;1-2-11-31(12-3-1)32-21-25-35(26-22-32)49-42-17-7-4-13-36(42)40-29-33(23-27-44(40)49)34-24-28-45-41(30-34)37-14-5-8-18-43(37)50(45)46-19-10-16-39-38-15-6-9-20-47(38)51-48(39)46;1-2-11-29(12-3-1)43-36-17-7-4-13-30(36)34-25-27(21-23-38(34)43)28-22-24-39-35(26-28)31-14-5-8-18-37(31)44(39)40-19-10-16-33-32-15-6-9-20-41(32)45-42(33)40/h2*1-30H;1-26H. The van der Waals surface area contributed by atoms with Gasteiger partial charge < -0.3 is 40.7 Å². The van der Waals surface area contributed by atoms with Crippen molar-refractivity contribution in [2.45, 2.75) is 0 Å². The summed E-state index contributed by atoms with van der Waals surface area (Å²) in [6, 6.07) is 187. The summed E-state index contributed by atoms with van der Waals surface area (Å²) in [4.78, 5) is 0. The van der Waals surface area contributed by atoms with Crippen molar-refractivity contribution in [3.63, 3.8) is 0 Å². The normalized spacial score (nSPS) is 11.9. The monoisotopic (exact) mass is 1870 g/mol. The number of hydrogen-bond donors (Lipinski definition) is 0. The summed E-state index contributed by atoms with van der Waals surface area (Å²) in [6.45, 7) is 0. The van der Waals surface area contributed by atoms with Crippen LogP contribution >= 0.6 is 0 Å². The molecule has 0 saturated heterocycles. The Balaban J connectivity index is 0.000000102. The van der Waals surface area contributed by atoms with E-state index in [0.29, 0.717) is 0 Å². The Morgan fingerprint density at radius 2 is 0.306 bits per heavy atom. The SMILES string of the molecule is c1ccc(-c2ccc(-n3c4ccccc4c4cc(-c5ccc6c(c5)c5ccccc5n6-c5cccc6c5oc5ccccc56)ccc43)cc2)cc1.c1ccc(-c2cccc(-n3c4ccccc4c4cc(-c5ccc6c(c5)c5ccccc5n6-c5cccc6c5oc5ccccc56)ccc43)c2)cc1.c1ccc(-n2c3ccccc3c3cc(-c4ccc5c(c4)c4ccccc4n5-c4cccc5c4oc4ccccc45)ccc32)cc1. The minimum absolute atomic E-state index is 0.904. The molecule has 9 heterocycles. The van der Waals surface area contributed by atoms with E-state index >= 15 is 0 Å². The number of benzene rings is 23. The largest absolute Gasteiger partial charge is 0.454 e. The third kappa shape index (κ3) is 13.3. The highest BCUT2D eigenvalue weighted by molar-refractivity contribution is 6.20. The number of para-hydroxylation sites is 13. The zero-order valence-electron chi connectivity index (χ0n) is 79.6. The molecule has 0 amide bonds. The first kappa shape index (κ1) is 83.1. The number of fused-ring (bicyclic) bond motifs is 27. The molecule has 0 N–H and O–H groups in total. The van der Waals surface area contributed by atoms with Crippen LogP contribution in [0.15, 0.2) is 535 Å². The van der Waals surface area contributed by atoms with Crippen molar-refractivity contribution >= 4 is 197 Å². The first-order chi connectivity index (χ1) is 72.9. The van der Waals surface area contributed by atoms with Crippen LogP contribution in [0.25, 0.3) is 286 Å². The topological polar surface area (TPSA) is 69.0 Å². The van der Waals surface area contributed by atoms with Crippen molar-refractivity contribution < 1.29 is 13.3 Å². The van der Waals surface area contributed by atoms with Gasteiger partial charge in [0.2, 0.25) is 0 Å². The number of aromatic nitrogens is 6. The second-order valence-electron chi connectivity index (χ2n) is 38.4. The summed E-state index contributed by atoms with van der Waals surface area (Å²) in [7, 11) is 0. The average Bonchev–Trinajstić information content (AvgIpc) is 1.58. The maximum atomic E-state index is 6.51. The predicted molar refractivity (Wildman–Crippen MR) is 614 cm³/mol. The first-order valence-electron chi connectivity index (χ1n) is 50.2. The van der Waals surface area contributed by atoms with E-state index in [2.05, 4.69) is 513 Å². The Morgan fingerprint density at radius 1 is 0.109 bits per heavy atom. The van der Waals surface area contributed by atoms with Gasteiger partial charge in [0.15, 0.2) is 16.7 Å². The molecule has 0 atom stereocenters. The molecule has 147 heavy (non-hydrogen) atoms. The number of hydrogen-bond acceptors (Lipinski definition) is 3. The molecule has 0 unspecified atom stereocenters. The lowest BCUT2D eigenvalue weighted by Crippen LogP contribution is -1.94. The van der Waals surface area contributed by atoms with Crippen LogP contribution in [0.4, 0.5) is 0 Å². The van der Waals surface area contributed by atoms with Crippen LogP contribution in [0, 0.1) is 0 Å². The molecule has 23 aromatic carbocycles. The van der Waals surface area contributed by atoms with Gasteiger partial charge in [-0.15, -0.1) is 0 Å². The Morgan fingerprint density at radius 3 is 0.626 bits per heavy atom. The number of rotatable bonds is 11. The highest BCUT2D eigenvalue weighted by Crippen LogP contribution is 2.48. The molecule has 0 bridgehead atoms. The molecule has 0 aliphatic heterocycles. The van der Waals surface area contributed by atoms with Crippen LogP contribution < -0.4 is 0 Å². The summed E-state index contributed by atoms with van der Waals surface area (Å²) in [5.74, 6) is 0. The van der Waals surface area contributed by atoms with Gasteiger partial charge >= 0.3 is 0 Å². The van der Waals surface area contributed by atoms with E-state index in [1.165, 1.54) is 165 Å². The van der Waals surface area contributed by atoms with Crippen molar-refractivity contribution in [2.24, 2.45) is 0 Å². The molecule has 32 rings (SSSR count). The summed E-state index contributed by atoms with van der Waals surface area (Å²) in [6.07, 6.45) is 0. The van der Waals surface area contributed by atoms with Crippen LogP contribution in [0.2, 0.25) is 0 Å². The van der Waals surface area contributed by atoms with Gasteiger partial charge in [-0.05, 0) is 238 Å². The Bertz CT molecular complexity index is 11000. The second kappa shape index (κ2) is 33.5. The van der Waals surface area contributed by atoms with Gasteiger partial charge in [-0.3, -0.25) is 0 Å². The summed E-state index contributed by atoms with van der Waals surface area (Å²) >= 11 is 0. The fourth-order valence-electron chi connectivity index (χ4n) is 23.7. The molecular weight excluding hydrogens is 1790 g/mol. The number of furan rings is 3. The highest BCUT2D eigenvalue weighted by Gasteiger charge is 2.26. The van der Waals surface area contributed by atoms with Gasteiger partial charge in [-0.25, -0.2) is 0 Å². The third-order valence-corrected chi connectivity index (χ3v) is 30.4. The van der Waals surface area contributed by atoms with Crippen molar-refractivity contribution in [1.82, 2.24) is 27.4 Å². The molecule has 0 aliphatic carbocycles. The smallest absolute Gasteiger partial charge is 0.159 e. The molecule has 0 saturated carbocycles. The van der Waals surface area contributed by atoms with Crippen LogP contribution in [0.1, 0.15) is 0 Å². The molecule has 0 aliphatic rings. The molecule has 0 radical (unpaired) electrons. The lowest BCUT2D eigenvalue weighted by Gasteiger charge is -2.11. The van der Waals surface area contributed by atoms with E-state index in [1.807, 2.05) is 36.4 Å². The van der Waals surface area contributed by atoms with Gasteiger partial charge in [0.25, 0.3) is 0 Å². The van der Waals surface area contributed by atoms with Crippen molar-refractivity contribution in [3.8, 4) is 89.8 Å². The van der Waals surface area contributed by atoms with Crippen LogP contribution in [-0.4, -0.2) is 27.4 Å². The Hall–Kier alpha value is -19.7. The van der Waals surface area contributed by atoms with Crippen molar-refractivity contribution in [3.05, 3.63) is 522 Å². The Labute approximate surface area is 842 Å². The second-order valence-corrected chi connectivity index (χ2v) is 38.4. The first-order valence-corrected chi connectivity index (χ1v) is 50.2. The fourth-order valence-corrected chi connectivity index (χ4v) is 23.7. The van der Waals surface area contributed by atoms with E-state index < -0.39 is 0 Å². The molecule has 686 valence electrons. The Kier molecular flexibility index (Phi) is 18.9. The zero-order valence-corrected chi connectivity index (χ0v) is 79.6. The summed E-state index contributed by atoms with van der Waals surface area (Å²) in [5.41, 5.74) is 38.3. The maximum absolute atomic E-state index is 6.51. The average molecular weight is 1880 g/mol. The minimum atomic E-state index is 0.904. The molecular formula is C138H86N6O3. The van der Waals surface area contributed by atoms with Crippen molar-refractivity contribution in [1.29, 1.82) is 0 Å². The van der Waals surface area contributed by atoms with Gasteiger partial charge in [0.1, 0.15) is 16.7 Å². The van der Waals surface area contributed by atoms with Gasteiger partial charge in [0, 0.05) is 114 Å². The molecule has 0 spiro atoms. The summed E-state index contributed by atoms with van der Waals surface area (Å²) < 4.78 is 33.7. The third-order valence-electron chi connectivity index (χ3n) is 30.4. The highest BCUT2D eigenvalue weighted by atomic mass is 16.3. The molecule has 9 aromatic heterocycles. The molecule has 0 fully saturated rings. The maximum Gasteiger partial charge on any atom is 0.159 e. The van der Waals surface area contributed by atoms with E-state index in [9.17, 15) is 0 Å². The van der Waals surface area contributed by atoms with Gasteiger partial charge in [0.05, 0.1) is 83.3 Å². The van der Waals surface area contributed by atoms with E-state index in [-0.39, 0.29) is 0 Å². The van der Waals surface area contributed by atoms with Gasteiger partial charge in [-0.1, -0.05) is 340 Å². The van der Waals surface area contributed by atoms with Crippen LogP contribution in [0.5, 0.6) is 0 Å². The van der Waals surface area contributed by atoms with E-state index in [1.54, 1.807) is 0 Å². The van der Waals surface area contributed by atoms with Crippen LogP contribution in [0.3, 0.4) is 0 Å². The van der Waals surface area contributed by atoms with Crippen LogP contribution in [-0.2, 0) is 0 Å². The lowest BCUT2D eigenvalue weighted by atomic mass is 10.0. The van der Waals surface area contributed by atoms with E-state index in [4.69, 9.17) is 13.3 Å². The summed E-state index contributed by atoms with van der Waals surface area (Å²) in [5, 5.41) is 21.6. The zero-order chi connectivity index (χ0) is 96.4. The fraction of sp³-hybridized carbons (Fsp3) is 0. The molecule has 9 heteroatoms. The predicted octanol–water partition coefficient (Wildman–Crippen LogP) is 37.7. The van der Waals surface area contributed by atoms with E-state index in [0.717, 1.165) is 122 Å². The van der Waals surface area contributed by atoms with Crippen molar-refractivity contribution in [2.75, 3.05) is 0 Å². The molecule has 9 nitrogen and oxygen atoms in total.